The van der Waals surface area contributed by atoms with E-state index in [1.54, 1.807) is 0 Å². The van der Waals surface area contributed by atoms with E-state index in [1.165, 1.54) is 50.8 Å². The van der Waals surface area contributed by atoms with Crippen LogP contribution in [0, 0.1) is 23.7 Å². The fourth-order valence-corrected chi connectivity index (χ4v) is 26.0. The lowest BCUT2D eigenvalue weighted by Gasteiger charge is -2.07. The third-order valence-electron chi connectivity index (χ3n) is 7.34. The first-order valence-corrected chi connectivity index (χ1v) is 34.3. The fourth-order valence-electron chi connectivity index (χ4n) is 4.48. The zero-order chi connectivity index (χ0) is 43.0. The maximum absolute atomic E-state index is 12.1. The van der Waals surface area contributed by atoms with E-state index in [-0.39, 0.29) is 12.2 Å². The molecule has 60 heavy (non-hydrogen) atoms. The highest BCUT2D eigenvalue weighted by Crippen LogP contribution is 2.67. The van der Waals surface area contributed by atoms with E-state index in [0.717, 1.165) is 62.9 Å². The van der Waals surface area contributed by atoms with Crippen LogP contribution < -0.4 is 10.6 Å². The van der Waals surface area contributed by atoms with Crippen molar-refractivity contribution in [1.29, 1.82) is 0 Å². The van der Waals surface area contributed by atoms with Gasteiger partial charge in [-0.05, 0) is 87.9 Å². The van der Waals surface area contributed by atoms with Crippen molar-refractivity contribution in [3.63, 3.8) is 0 Å². The molecule has 0 unspecified atom stereocenters. The molecule has 4 aliphatic heterocycles. The summed E-state index contributed by atoms with van der Waals surface area (Å²) in [6.45, 7) is 1.97. The molecule has 0 aromatic rings. The average Bonchev–Trinajstić information content (AvgIpc) is 4.07. The zero-order valence-electron chi connectivity index (χ0n) is 34.1. The molecule has 330 valence electrons. The lowest BCUT2D eigenvalue weighted by molar-refractivity contribution is 0.143. The summed E-state index contributed by atoms with van der Waals surface area (Å²) in [6, 6.07) is 0. The molecular formula is C38H48N2O4S16. The van der Waals surface area contributed by atoms with E-state index in [4.69, 9.17) is 9.47 Å². The van der Waals surface area contributed by atoms with Crippen LogP contribution in [-0.4, -0.2) is 87.5 Å². The molecule has 0 aliphatic carbocycles. The Morgan fingerprint density at radius 3 is 1.07 bits per heavy atom. The second kappa shape index (κ2) is 32.4. The van der Waals surface area contributed by atoms with Crippen LogP contribution >= 0.6 is 188 Å². The van der Waals surface area contributed by atoms with Gasteiger partial charge in [0.2, 0.25) is 0 Å². The number of carbonyl (C=O) groups excluding carboxylic acids is 2. The third-order valence-corrected chi connectivity index (χ3v) is 29.7. The molecule has 0 fully saturated rings. The molecule has 0 saturated heterocycles. The first-order valence-electron chi connectivity index (χ1n) is 18.5. The molecule has 4 rings (SSSR count). The molecule has 4 heterocycles. The highest BCUT2D eigenvalue weighted by atomic mass is 32.3. The summed E-state index contributed by atoms with van der Waals surface area (Å²) in [4.78, 5) is 24.2. The maximum atomic E-state index is 12.1. The summed E-state index contributed by atoms with van der Waals surface area (Å²) in [5.74, 6) is 13.9. The topological polar surface area (TPSA) is 76.7 Å². The zero-order valence-corrected chi connectivity index (χ0v) is 47.1. The van der Waals surface area contributed by atoms with Crippen molar-refractivity contribution in [3.8, 4) is 23.7 Å². The van der Waals surface area contributed by atoms with Gasteiger partial charge in [-0.25, -0.2) is 9.59 Å². The molecule has 0 spiro atoms. The van der Waals surface area contributed by atoms with Crippen molar-refractivity contribution in [2.75, 3.05) is 75.3 Å². The molecule has 6 nitrogen and oxygen atoms in total. The molecule has 2 amide bonds. The van der Waals surface area contributed by atoms with Crippen molar-refractivity contribution in [2.45, 2.75) is 51.4 Å². The molecule has 0 saturated carbocycles. The number of hydrogen-bond donors (Lipinski definition) is 2. The molecule has 22 heteroatoms. The highest BCUT2D eigenvalue weighted by molar-refractivity contribution is 8.46. The molecule has 4 aliphatic rings. The molecule has 0 radical (unpaired) electrons. The number of unbranched alkanes of at least 4 members (excludes halogenated alkanes) is 4. The number of hydrogen-bond acceptors (Lipinski definition) is 20. The van der Waals surface area contributed by atoms with E-state index in [0.29, 0.717) is 26.3 Å². The molecule has 0 aromatic carbocycles. The van der Waals surface area contributed by atoms with Gasteiger partial charge in [-0.15, -0.1) is 94.1 Å². The molecule has 0 atom stereocenters. The third kappa shape index (κ3) is 19.5. The Bertz CT molecular complexity index is 1660. The number of rotatable bonds is 24. The van der Waals surface area contributed by atoms with Crippen LogP contribution in [0.2, 0.25) is 0 Å². The van der Waals surface area contributed by atoms with Crippen molar-refractivity contribution in [3.05, 3.63) is 50.8 Å². The summed E-state index contributed by atoms with van der Waals surface area (Å²) >= 11 is 29.9. The van der Waals surface area contributed by atoms with Crippen LogP contribution in [-0.2, 0) is 9.47 Å². The molecule has 0 bridgehead atoms. The van der Waals surface area contributed by atoms with E-state index in [1.807, 2.05) is 188 Å². The van der Waals surface area contributed by atoms with Gasteiger partial charge < -0.3 is 20.1 Å². The van der Waals surface area contributed by atoms with Crippen molar-refractivity contribution < 1.29 is 19.1 Å². The fraction of sp³-hybridized carbons (Fsp3) is 0.526. The van der Waals surface area contributed by atoms with Gasteiger partial charge in [0.15, 0.2) is 0 Å². The lowest BCUT2D eigenvalue weighted by Crippen LogP contribution is -2.26. The van der Waals surface area contributed by atoms with Crippen LogP contribution in [0.25, 0.3) is 0 Å². The first-order chi connectivity index (χ1) is 29.3. The van der Waals surface area contributed by atoms with E-state index >= 15 is 0 Å². The first kappa shape index (κ1) is 54.3. The van der Waals surface area contributed by atoms with Gasteiger partial charge in [-0.3, -0.25) is 0 Å². The summed E-state index contributed by atoms with van der Waals surface area (Å²) in [6.07, 6.45) is 18.6. The molecule has 2 N–H and O–H groups in total. The second-order valence-corrected chi connectivity index (χ2v) is 29.9. The predicted octanol–water partition coefficient (Wildman–Crippen LogP) is 15.9. The SMILES string of the molecule is CSC1=C(SC)SC(=C2SC(SC)=C(SCCCNC(=O)OCCCCC#CC#CCCCCOC(=O)NCCCSC3=C(SC)SC(=C4SC(SC)=C(SC)S4)S3)S2)S1. The van der Waals surface area contributed by atoms with E-state index < -0.39 is 0 Å². The van der Waals surface area contributed by atoms with Crippen molar-refractivity contribution in [2.24, 2.45) is 0 Å². The van der Waals surface area contributed by atoms with E-state index in [2.05, 4.69) is 71.8 Å². The minimum Gasteiger partial charge on any atom is -0.450 e. The normalized spacial score (nSPS) is 16.6. The van der Waals surface area contributed by atoms with Crippen LogP contribution in [0.15, 0.2) is 50.8 Å². The van der Waals surface area contributed by atoms with Crippen LogP contribution in [0.3, 0.4) is 0 Å². The largest absolute Gasteiger partial charge is 0.450 e. The van der Waals surface area contributed by atoms with Gasteiger partial charge in [0.05, 0.1) is 64.1 Å². The number of amides is 2. The van der Waals surface area contributed by atoms with Crippen molar-refractivity contribution in [1.82, 2.24) is 10.6 Å². The van der Waals surface area contributed by atoms with Crippen molar-refractivity contribution >= 4 is 200 Å². The lowest BCUT2D eigenvalue weighted by atomic mass is 10.2. The summed E-state index contributed by atoms with van der Waals surface area (Å²) in [5, 5.41) is 5.75. The van der Waals surface area contributed by atoms with Gasteiger partial charge in [-0.2, -0.15) is 0 Å². The number of alkyl carbamates (subject to hydrolysis) is 2. The van der Waals surface area contributed by atoms with Crippen LogP contribution in [0.5, 0.6) is 0 Å². The van der Waals surface area contributed by atoms with E-state index in [9.17, 15) is 9.59 Å². The number of thioether (sulfide) groups is 16. The Kier molecular flexibility index (Phi) is 29.3. The van der Waals surface area contributed by atoms with Gasteiger partial charge in [-0.1, -0.05) is 106 Å². The van der Waals surface area contributed by atoms with Gasteiger partial charge in [0.1, 0.15) is 0 Å². The number of nitrogens with one attached hydrogen (secondary N) is 2. The number of carbonyl (C=O) groups is 2. The minimum atomic E-state index is -0.356. The number of ether oxygens (including phenoxy) is 2. The standard InChI is InChI=1S/C38H48N2O4S16/c1-45-25-26(46-2)54-33(53-25)35-57-29(49-5)31(59-35)51-23-17-19-39-37(41)43-21-15-13-11-9-7-8-10-12-14-16-22-44-38(42)40-20-18-24-52-32-30(50-6)58-36(60-32)34-55-27(47-3)28(48-4)56-34/h11-24H2,1-6H3,(H,39,41)(H,40,42). The smallest absolute Gasteiger partial charge is 0.407 e. The van der Waals surface area contributed by atoms with Crippen LogP contribution in [0.4, 0.5) is 9.59 Å². The summed E-state index contributed by atoms with van der Waals surface area (Å²) in [5.41, 5.74) is 0. The quantitative estimate of drug-likeness (QED) is 0.0711. The summed E-state index contributed by atoms with van der Waals surface area (Å²) < 4.78 is 27.3. The Morgan fingerprint density at radius 1 is 0.450 bits per heavy atom. The Balaban J connectivity index is 0.925. The maximum Gasteiger partial charge on any atom is 0.407 e. The highest BCUT2D eigenvalue weighted by Gasteiger charge is 2.31. The van der Waals surface area contributed by atoms with Gasteiger partial charge in [0, 0.05) is 37.4 Å². The Labute approximate surface area is 426 Å². The summed E-state index contributed by atoms with van der Waals surface area (Å²) in [7, 11) is 0. The molecular weight excluding hydrogens is 1060 g/mol. The predicted molar refractivity (Wildman–Crippen MR) is 300 cm³/mol. The van der Waals surface area contributed by atoms with Gasteiger partial charge in [0.25, 0.3) is 0 Å². The van der Waals surface area contributed by atoms with Crippen LogP contribution in [0.1, 0.15) is 51.4 Å². The Hall–Kier alpha value is 1.70. The monoisotopic (exact) mass is 1110 g/mol. The molecule has 0 aromatic heterocycles. The average molecular weight is 1110 g/mol. The Morgan fingerprint density at radius 2 is 0.750 bits per heavy atom. The minimum absolute atomic E-state index is 0.356. The van der Waals surface area contributed by atoms with Gasteiger partial charge >= 0.3 is 12.2 Å². The second-order valence-electron chi connectivity index (χ2n) is 11.5.